The van der Waals surface area contributed by atoms with E-state index in [4.69, 9.17) is 0 Å². The van der Waals surface area contributed by atoms with Gasteiger partial charge in [-0.05, 0) is 32.1 Å². The van der Waals surface area contributed by atoms with Gasteiger partial charge in [0.1, 0.15) is 0 Å². The number of nitrogens with one attached hydrogen (secondary N) is 1. The fourth-order valence-electron chi connectivity index (χ4n) is 2.84. The van der Waals surface area contributed by atoms with Gasteiger partial charge in [-0.15, -0.1) is 0 Å². The molecule has 0 radical (unpaired) electrons. The molecule has 0 saturated heterocycles. The molecule has 2 rings (SSSR count). The summed E-state index contributed by atoms with van der Waals surface area (Å²) in [5.74, 6) is -1.49. The van der Waals surface area contributed by atoms with Gasteiger partial charge in [-0.2, -0.15) is 11.8 Å². The second-order valence-corrected chi connectivity index (χ2v) is 6.27. The maximum absolute atomic E-state index is 13.8. The van der Waals surface area contributed by atoms with E-state index in [2.05, 4.69) is 11.6 Å². The van der Waals surface area contributed by atoms with Crippen LogP contribution in [0.25, 0.3) is 0 Å². The van der Waals surface area contributed by atoms with Crippen LogP contribution in [0.1, 0.15) is 44.2 Å². The third-order valence-corrected chi connectivity index (χ3v) is 5.09. The fourth-order valence-corrected chi connectivity index (χ4v) is 3.78. The molecule has 4 heteroatoms. The molecule has 106 valence electrons. The van der Waals surface area contributed by atoms with Gasteiger partial charge in [-0.3, -0.25) is 0 Å². The topological polar surface area (TPSA) is 12.0 Å². The Morgan fingerprint density at radius 2 is 2.00 bits per heavy atom. The molecule has 0 spiro atoms. The number of hydrogen-bond acceptors (Lipinski definition) is 2. The normalized spacial score (nSPS) is 25.3. The molecule has 1 aromatic rings. The minimum atomic E-state index is -0.767. The molecule has 1 N–H and O–H groups in total. The number of benzene rings is 1. The second kappa shape index (κ2) is 6.71. The molecule has 0 heterocycles. The number of hydrogen-bond donors (Lipinski definition) is 1. The van der Waals surface area contributed by atoms with Crippen LogP contribution in [-0.4, -0.2) is 17.5 Å². The summed E-state index contributed by atoms with van der Waals surface area (Å²) in [7, 11) is 0. The van der Waals surface area contributed by atoms with Crippen LogP contribution >= 0.6 is 11.8 Å². The highest BCUT2D eigenvalue weighted by atomic mass is 32.2. The summed E-state index contributed by atoms with van der Waals surface area (Å²) in [4.78, 5) is 0. The highest BCUT2D eigenvalue weighted by Gasteiger charge is 2.26. The molecule has 1 aromatic carbocycles. The average molecular weight is 285 g/mol. The smallest absolute Gasteiger partial charge is 0.163 e. The van der Waals surface area contributed by atoms with Gasteiger partial charge in [0.15, 0.2) is 11.6 Å². The number of halogens is 2. The molecule has 1 nitrogen and oxygen atoms in total. The Balaban J connectivity index is 2.07. The first-order chi connectivity index (χ1) is 9.13. The van der Waals surface area contributed by atoms with Crippen LogP contribution in [0.3, 0.4) is 0 Å². The first-order valence-corrected chi connectivity index (χ1v) is 8.15. The predicted octanol–water partition coefficient (Wildman–Crippen LogP) is 4.29. The van der Waals surface area contributed by atoms with E-state index in [0.717, 1.165) is 12.5 Å². The molecule has 0 aromatic heterocycles. The molecule has 1 aliphatic rings. The van der Waals surface area contributed by atoms with Gasteiger partial charge < -0.3 is 5.32 Å². The number of rotatable bonds is 4. The second-order valence-electron chi connectivity index (χ2n) is 5.20. The summed E-state index contributed by atoms with van der Waals surface area (Å²) in [6.45, 7) is 1.91. The largest absolute Gasteiger partial charge is 0.306 e. The van der Waals surface area contributed by atoms with E-state index in [9.17, 15) is 8.78 Å². The van der Waals surface area contributed by atoms with Gasteiger partial charge in [0.05, 0.1) is 0 Å². The van der Waals surface area contributed by atoms with Crippen LogP contribution < -0.4 is 5.32 Å². The van der Waals surface area contributed by atoms with Crippen molar-refractivity contribution in [2.75, 3.05) is 6.26 Å². The first kappa shape index (κ1) is 14.8. The van der Waals surface area contributed by atoms with Crippen molar-refractivity contribution in [2.45, 2.75) is 49.9 Å². The van der Waals surface area contributed by atoms with E-state index in [1.165, 1.54) is 19.3 Å². The summed E-state index contributed by atoms with van der Waals surface area (Å²) in [5, 5.41) is 4.05. The van der Waals surface area contributed by atoms with E-state index >= 15 is 0 Å². The molecule has 19 heavy (non-hydrogen) atoms. The molecule has 0 aliphatic heterocycles. The zero-order valence-electron chi connectivity index (χ0n) is 11.5. The summed E-state index contributed by atoms with van der Waals surface area (Å²) in [6.07, 6.45) is 6.93. The maximum atomic E-state index is 13.8. The zero-order chi connectivity index (χ0) is 13.8. The predicted molar refractivity (Wildman–Crippen MR) is 77.5 cm³/mol. The van der Waals surface area contributed by atoms with Crippen molar-refractivity contribution in [3.05, 3.63) is 35.4 Å². The lowest BCUT2D eigenvalue weighted by molar-refractivity contribution is 0.350. The van der Waals surface area contributed by atoms with Gasteiger partial charge in [0, 0.05) is 22.9 Å². The average Bonchev–Trinajstić information content (AvgIpc) is 2.42. The fraction of sp³-hybridized carbons (Fsp3) is 0.600. The molecule has 3 unspecified atom stereocenters. The Morgan fingerprint density at radius 3 is 2.74 bits per heavy atom. The lowest BCUT2D eigenvalue weighted by atomic mass is 9.93. The van der Waals surface area contributed by atoms with E-state index in [1.807, 2.05) is 18.7 Å². The standard InChI is InChI=1S/C15H21F2NS/c1-10(11-6-5-7-12(16)15(11)17)18-13-8-3-4-9-14(13)19-2/h5-7,10,13-14,18H,3-4,8-9H2,1-2H3. The Hall–Kier alpha value is -0.610. The highest BCUT2D eigenvalue weighted by Crippen LogP contribution is 2.29. The summed E-state index contributed by atoms with van der Waals surface area (Å²) < 4.78 is 27.0. The van der Waals surface area contributed by atoms with Gasteiger partial charge in [-0.1, -0.05) is 25.0 Å². The van der Waals surface area contributed by atoms with Gasteiger partial charge in [-0.25, -0.2) is 8.78 Å². The maximum Gasteiger partial charge on any atom is 0.163 e. The Bertz CT molecular complexity index is 425. The van der Waals surface area contributed by atoms with Crippen molar-refractivity contribution in [2.24, 2.45) is 0 Å². The van der Waals surface area contributed by atoms with E-state index in [1.54, 1.807) is 12.1 Å². The van der Waals surface area contributed by atoms with Crippen molar-refractivity contribution in [3.63, 3.8) is 0 Å². The van der Waals surface area contributed by atoms with Crippen molar-refractivity contribution in [1.29, 1.82) is 0 Å². The van der Waals surface area contributed by atoms with Crippen LogP contribution in [0.15, 0.2) is 18.2 Å². The van der Waals surface area contributed by atoms with Crippen molar-refractivity contribution >= 4 is 11.8 Å². The first-order valence-electron chi connectivity index (χ1n) is 6.86. The van der Waals surface area contributed by atoms with Crippen LogP contribution in [-0.2, 0) is 0 Å². The zero-order valence-corrected chi connectivity index (χ0v) is 12.3. The summed E-state index contributed by atoms with van der Waals surface area (Å²) in [6, 6.07) is 4.62. The Morgan fingerprint density at radius 1 is 1.26 bits per heavy atom. The minimum Gasteiger partial charge on any atom is -0.306 e. The quantitative estimate of drug-likeness (QED) is 0.885. The molecule has 0 amide bonds. The monoisotopic (exact) mass is 285 g/mol. The molecule has 3 atom stereocenters. The third-order valence-electron chi connectivity index (χ3n) is 3.92. The third kappa shape index (κ3) is 3.48. The molecule has 1 aliphatic carbocycles. The van der Waals surface area contributed by atoms with Crippen molar-refractivity contribution in [3.8, 4) is 0 Å². The van der Waals surface area contributed by atoms with Gasteiger partial charge >= 0.3 is 0 Å². The number of thioether (sulfide) groups is 1. The summed E-state index contributed by atoms with van der Waals surface area (Å²) >= 11 is 1.87. The van der Waals surface area contributed by atoms with Crippen LogP contribution in [0, 0.1) is 11.6 Å². The van der Waals surface area contributed by atoms with E-state index in [0.29, 0.717) is 16.9 Å². The Labute approximate surface area is 118 Å². The van der Waals surface area contributed by atoms with Gasteiger partial charge in [0.25, 0.3) is 0 Å². The summed E-state index contributed by atoms with van der Waals surface area (Å²) in [5.41, 5.74) is 0.422. The van der Waals surface area contributed by atoms with Crippen LogP contribution in [0.5, 0.6) is 0 Å². The molecule has 1 fully saturated rings. The van der Waals surface area contributed by atoms with Crippen molar-refractivity contribution in [1.82, 2.24) is 5.32 Å². The molecular formula is C15H21F2NS. The minimum absolute atomic E-state index is 0.159. The highest BCUT2D eigenvalue weighted by molar-refractivity contribution is 7.99. The van der Waals surface area contributed by atoms with Crippen molar-refractivity contribution < 1.29 is 8.78 Å². The molecule has 0 bridgehead atoms. The Kier molecular flexibility index (Phi) is 5.22. The van der Waals surface area contributed by atoms with E-state index < -0.39 is 11.6 Å². The lowest BCUT2D eigenvalue weighted by Crippen LogP contribution is -2.41. The lowest BCUT2D eigenvalue weighted by Gasteiger charge is -2.33. The van der Waals surface area contributed by atoms with Gasteiger partial charge in [0.2, 0.25) is 0 Å². The SMILES string of the molecule is CSC1CCCCC1NC(C)c1cccc(F)c1F. The molecular weight excluding hydrogens is 264 g/mol. The van der Waals surface area contributed by atoms with E-state index in [-0.39, 0.29) is 6.04 Å². The van der Waals surface area contributed by atoms with Crippen LogP contribution in [0.4, 0.5) is 8.78 Å². The molecule has 1 saturated carbocycles. The van der Waals surface area contributed by atoms with Crippen LogP contribution in [0.2, 0.25) is 0 Å².